The molecule has 0 aromatic heterocycles. The van der Waals surface area contributed by atoms with Gasteiger partial charge in [0.05, 0.1) is 0 Å². The zero-order valence-electron chi connectivity index (χ0n) is 10.6. The average Bonchev–Trinajstić information content (AvgIpc) is 2.19. The van der Waals surface area contributed by atoms with E-state index < -0.39 is 0 Å². The lowest BCUT2D eigenvalue weighted by Crippen LogP contribution is -2.26. The summed E-state index contributed by atoms with van der Waals surface area (Å²) in [7, 11) is 0. The van der Waals surface area contributed by atoms with Crippen LogP contribution in [0, 0.1) is 0 Å². The molecule has 0 aliphatic rings. The largest absolute Gasteiger partial charge is 0.369 e. The van der Waals surface area contributed by atoms with Crippen molar-refractivity contribution >= 4 is 54.0 Å². The van der Waals surface area contributed by atoms with Crippen LogP contribution in [-0.2, 0) is 0 Å². The smallest absolute Gasteiger partial charge is 0.218 e. The van der Waals surface area contributed by atoms with Crippen LogP contribution in [-0.4, -0.2) is 18.0 Å². The third kappa shape index (κ3) is 8.53. The molecular formula is C11H18Cl3N5. The zero-order valence-corrected chi connectivity index (χ0v) is 13.0. The first-order valence-electron chi connectivity index (χ1n) is 5.17. The first kappa shape index (κ1) is 20.2. The maximum absolute atomic E-state index is 5.76. The molecule has 0 heterocycles. The number of hydrogen-bond donors (Lipinski definition) is 3. The van der Waals surface area contributed by atoms with Crippen molar-refractivity contribution in [2.24, 2.45) is 21.5 Å². The first-order valence-corrected chi connectivity index (χ1v) is 5.55. The topological polar surface area (TPSA) is 88.8 Å². The lowest BCUT2D eigenvalue weighted by molar-refractivity contribution is 0.831. The zero-order chi connectivity index (χ0) is 12.8. The molecule has 0 fully saturated rings. The molecule has 0 unspecified atom stereocenters. The number of rotatable bonds is 2. The second-order valence-corrected chi connectivity index (χ2v) is 4.15. The number of benzene rings is 1. The van der Waals surface area contributed by atoms with Crippen LogP contribution in [0.2, 0.25) is 5.02 Å². The lowest BCUT2D eigenvalue weighted by atomic mass is 10.3. The van der Waals surface area contributed by atoms with Crippen LogP contribution in [0.25, 0.3) is 0 Å². The normalized spacial score (nSPS) is 11.6. The first-order chi connectivity index (χ1) is 7.97. The SMILES string of the molecule is CC(C)N=C(N)/N=C(\N)Nc1ccc(Cl)cc1.Cl.Cl. The number of halogens is 3. The minimum absolute atomic E-state index is 0. The van der Waals surface area contributed by atoms with Gasteiger partial charge < -0.3 is 16.8 Å². The van der Waals surface area contributed by atoms with Crippen LogP contribution in [0.3, 0.4) is 0 Å². The third-order valence-corrected chi connectivity index (χ3v) is 1.99. The minimum Gasteiger partial charge on any atom is -0.369 e. The van der Waals surface area contributed by atoms with E-state index in [0.717, 1.165) is 5.69 Å². The molecule has 0 spiro atoms. The van der Waals surface area contributed by atoms with Crippen molar-refractivity contribution in [1.82, 2.24) is 0 Å². The van der Waals surface area contributed by atoms with Crippen molar-refractivity contribution in [3.8, 4) is 0 Å². The molecule has 1 rings (SSSR count). The molecular weight excluding hydrogens is 309 g/mol. The maximum atomic E-state index is 5.76. The second kappa shape index (κ2) is 9.72. The van der Waals surface area contributed by atoms with E-state index in [0.29, 0.717) is 5.02 Å². The highest BCUT2D eigenvalue weighted by Gasteiger charge is 1.97. The number of anilines is 1. The fraction of sp³-hybridized carbons (Fsp3) is 0.273. The monoisotopic (exact) mass is 325 g/mol. The van der Waals surface area contributed by atoms with Gasteiger partial charge in [-0.15, -0.1) is 24.8 Å². The standard InChI is InChI=1S/C11H16ClN5.2ClH/c1-7(2)15-10(13)17-11(14)16-9-5-3-8(12)4-6-9;;/h3-7H,1-2H3,(H5,13,14,15,16,17);2*1H. The van der Waals surface area contributed by atoms with Crippen LogP contribution in [0.5, 0.6) is 0 Å². The molecule has 1 aromatic rings. The van der Waals surface area contributed by atoms with Gasteiger partial charge in [-0.1, -0.05) is 11.6 Å². The van der Waals surface area contributed by atoms with E-state index in [1.54, 1.807) is 24.3 Å². The highest BCUT2D eigenvalue weighted by molar-refractivity contribution is 6.30. The van der Waals surface area contributed by atoms with Gasteiger partial charge >= 0.3 is 0 Å². The summed E-state index contributed by atoms with van der Waals surface area (Å²) >= 11 is 5.76. The Kier molecular flexibility index (Phi) is 10.3. The Morgan fingerprint density at radius 3 is 2.16 bits per heavy atom. The molecule has 0 aliphatic heterocycles. The molecule has 0 amide bonds. The summed E-state index contributed by atoms with van der Waals surface area (Å²) in [5.41, 5.74) is 12.0. The van der Waals surface area contributed by atoms with Gasteiger partial charge in [0.2, 0.25) is 11.9 Å². The van der Waals surface area contributed by atoms with Gasteiger partial charge in [-0.25, -0.2) is 4.99 Å². The summed E-state index contributed by atoms with van der Waals surface area (Å²) < 4.78 is 0. The molecule has 8 heteroatoms. The fourth-order valence-corrected chi connectivity index (χ4v) is 1.25. The van der Waals surface area contributed by atoms with E-state index in [1.165, 1.54) is 0 Å². The summed E-state index contributed by atoms with van der Waals surface area (Å²) in [6, 6.07) is 7.17. The van der Waals surface area contributed by atoms with Crippen LogP contribution in [0.15, 0.2) is 34.3 Å². The van der Waals surface area contributed by atoms with Crippen molar-refractivity contribution in [3.63, 3.8) is 0 Å². The van der Waals surface area contributed by atoms with E-state index in [1.807, 2.05) is 13.8 Å². The summed E-state index contributed by atoms with van der Waals surface area (Å²) in [5.74, 6) is 0.341. The number of aliphatic imine (C=N–C) groups is 2. The number of nitrogens with one attached hydrogen (secondary N) is 1. The van der Waals surface area contributed by atoms with Gasteiger partial charge in [-0.2, -0.15) is 4.99 Å². The average molecular weight is 327 g/mol. The number of guanidine groups is 2. The van der Waals surface area contributed by atoms with E-state index in [4.69, 9.17) is 23.1 Å². The van der Waals surface area contributed by atoms with Gasteiger partial charge in [-0.05, 0) is 38.1 Å². The Balaban J connectivity index is 0. The van der Waals surface area contributed by atoms with Gasteiger partial charge in [0.15, 0.2) is 0 Å². The quantitative estimate of drug-likeness (QED) is 0.576. The molecule has 5 nitrogen and oxygen atoms in total. The fourth-order valence-electron chi connectivity index (χ4n) is 1.13. The molecule has 0 bridgehead atoms. The predicted octanol–water partition coefficient (Wildman–Crippen LogP) is 2.63. The maximum Gasteiger partial charge on any atom is 0.218 e. The number of nitrogens with two attached hydrogens (primary N) is 2. The molecule has 19 heavy (non-hydrogen) atoms. The summed E-state index contributed by atoms with van der Waals surface area (Å²) in [4.78, 5) is 7.95. The van der Waals surface area contributed by atoms with Crippen molar-refractivity contribution in [2.75, 3.05) is 5.32 Å². The van der Waals surface area contributed by atoms with Crippen molar-refractivity contribution < 1.29 is 0 Å². The van der Waals surface area contributed by atoms with Gasteiger partial charge in [0, 0.05) is 16.8 Å². The van der Waals surface area contributed by atoms with Crippen LogP contribution >= 0.6 is 36.4 Å². The van der Waals surface area contributed by atoms with Crippen molar-refractivity contribution in [3.05, 3.63) is 29.3 Å². The van der Waals surface area contributed by atoms with Gasteiger partial charge in [0.25, 0.3) is 0 Å². The van der Waals surface area contributed by atoms with E-state index in [9.17, 15) is 0 Å². The third-order valence-electron chi connectivity index (χ3n) is 1.74. The Labute approximate surface area is 130 Å². The van der Waals surface area contributed by atoms with E-state index in [2.05, 4.69) is 15.3 Å². The van der Waals surface area contributed by atoms with Gasteiger partial charge in [0.1, 0.15) is 0 Å². The Hall–Kier alpha value is -1.17. The molecule has 5 N–H and O–H groups in total. The molecule has 0 radical (unpaired) electrons. The van der Waals surface area contributed by atoms with Gasteiger partial charge in [-0.3, -0.25) is 0 Å². The van der Waals surface area contributed by atoms with E-state index >= 15 is 0 Å². The van der Waals surface area contributed by atoms with Crippen LogP contribution in [0.4, 0.5) is 5.69 Å². The molecule has 0 aliphatic carbocycles. The predicted molar refractivity (Wildman–Crippen MR) is 88.0 cm³/mol. The lowest BCUT2D eigenvalue weighted by Gasteiger charge is -2.05. The van der Waals surface area contributed by atoms with Crippen LogP contribution < -0.4 is 16.8 Å². The van der Waals surface area contributed by atoms with Crippen molar-refractivity contribution in [1.29, 1.82) is 0 Å². The summed E-state index contributed by atoms with van der Waals surface area (Å²) in [5, 5.41) is 3.54. The second-order valence-electron chi connectivity index (χ2n) is 3.71. The molecule has 0 saturated carbocycles. The summed E-state index contributed by atoms with van der Waals surface area (Å²) in [6.45, 7) is 3.82. The Morgan fingerprint density at radius 2 is 1.68 bits per heavy atom. The molecule has 0 atom stereocenters. The summed E-state index contributed by atoms with van der Waals surface area (Å²) in [6.07, 6.45) is 0. The highest BCUT2D eigenvalue weighted by atomic mass is 35.5. The molecule has 108 valence electrons. The number of hydrogen-bond acceptors (Lipinski definition) is 1. The Morgan fingerprint density at radius 1 is 1.16 bits per heavy atom. The van der Waals surface area contributed by atoms with E-state index in [-0.39, 0.29) is 42.8 Å². The highest BCUT2D eigenvalue weighted by Crippen LogP contribution is 2.12. The molecule has 0 saturated heterocycles. The van der Waals surface area contributed by atoms with Crippen molar-refractivity contribution in [2.45, 2.75) is 19.9 Å². The molecule has 1 aromatic carbocycles. The minimum atomic E-state index is 0. The van der Waals surface area contributed by atoms with Crippen LogP contribution in [0.1, 0.15) is 13.8 Å². The Bertz CT molecular complexity index is 428. The number of nitrogens with zero attached hydrogens (tertiary/aromatic N) is 2.